The summed E-state index contributed by atoms with van der Waals surface area (Å²) in [7, 11) is 1.20. The smallest absolute Gasteiger partial charge is 0.310 e. The first-order valence-corrected chi connectivity index (χ1v) is 4.79. The Morgan fingerprint density at radius 3 is 2.65 bits per heavy atom. The Bertz CT molecular complexity index is 481. The van der Waals surface area contributed by atoms with E-state index >= 15 is 0 Å². The van der Waals surface area contributed by atoms with Crippen molar-refractivity contribution in [2.45, 2.75) is 13.3 Å². The zero-order valence-corrected chi connectivity index (χ0v) is 9.43. The number of benzene rings is 1. The van der Waals surface area contributed by atoms with Crippen LogP contribution in [0, 0.1) is 17.0 Å². The molecule has 0 fully saturated rings. The Kier molecular flexibility index (Phi) is 3.92. The fourth-order valence-corrected chi connectivity index (χ4v) is 1.57. The number of esters is 1. The van der Waals surface area contributed by atoms with Gasteiger partial charge in [0.15, 0.2) is 0 Å². The van der Waals surface area contributed by atoms with Gasteiger partial charge in [0.05, 0.1) is 18.5 Å². The average Bonchev–Trinajstić information content (AvgIpc) is 2.27. The molecule has 0 bridgehead atoms. The molecule has 90 valence electrons. The lowest BCUT2D eigenvalue weighted by atomic mass is 10.0. The van der Waals surface area contributed by atoms with Gasteiger partial charge in [-0.3, -0.25) is 19.7 Å². The summed E-state index contributed by atoms with van der Waals surface area (Å²) in [6.45, 7) is 1.52. The lowest BCUT2D eigenvalue weighted by Gasteiger charge is -2.05. The molecule has 17 heavy (non-hydrogen) atoms. The quantitative estimate of drug-likeness (QED) is 0.342. The van der Waals surface area contributed by atoms with Gasteiger partial charge in [-0.2, -0.15) is 0 Å². The van der Waals surface area contributed by atoms with E-state index in [1.54, 1.807) is 0 Å². The Balaban J connectivity index is 3.31. The van der Waals surface area contributed by atoms with Crippen LogP contribution in [-0.4, -0.2) is 24.3 Å². The summed E-state index contributed by atoms with van der Waals surface area (Å²) < 4.78 is 4.45. The highest BCUT2D eigenvalue weighted by atomic mass is 16.6. The third-order valence-corrected chi connectivity index (χ3v) is 2.28. The van der Waals surface area contributed by atoms with Crippen LogP contribution in [0.2, 0.25) is 0 Å². The highest BCUT2D eigenvalue weighted by Crippen LogP contribution is 2.25. The van der Waals surface area contributed by atoms with Crippen molar-refractivity contribution in [1.82, 2.24) is 0 Å². The van der Waals surface area contributed by atoms with E-state index in [0.29, 0.717) is 17.4 Å². The second-order valence-electron chi connectivity index (χ2n) is 3.47. The van der Waals surface area contributed by atoms with Crippen molar-refractivity contribution in [1.29, 1.82) is 0 Å². The van der Waals surface area contributed by atoms with Crippen molar-refractivity contribution in [2.75, 3.05) is 7.11 Å². The third kappa shape index (κ3) is 2.87. The Labute approximate surface area is 97.3 Å². The second-order valence-corrected chi connectivity index (χ2v) is 3.47. The van der Waals surface area contributed by atoms with E-state index in [-0.39, 0.29) is 17.7 Å². The maximum atomic E-state index is 11.1. The molecule has 1 aromatic carbocycles. The number of carbonyl (C=O) groups is 2. The van der Waals surface area contributed by atoms with Crippen LogP contribution in [0.3, 0.4) is 0 Å². The zero-order valence-electron chi connectivity index (χ0n) is 9.43. The van der Waals surface area contributed by atoms with E-state index < -0.39 is 10.9 Å². The van der Waals surface area contributed by atoms with Crippen molar-refractivity contribution in [3.8, 4) is 0 Å². The summed E-state index contributed by atoms with van der Waals surface area (Å²) in [5.41, 5.74) is 0.676. The molecule has 0 unspecified atom stereocenters. The highest BCUT2D eigenvalue weighted by Gasteiger charge is 2.20. The molecular formula is C11H11NO5. The number of rotatable bonds is 4. The minimum atomic E-state index is -0.587. The van der Waals surface area contributed by atoms with Crippen LogP contribution in [0.5, 0.6) is 0 Å². The fourth-order valence-electron chi connectivity index (χ4n) is 1.57. The maximum absolute atomic E-state index is 11.1. The Morgan fingerprint density at radius 2 is 2.18 bits per heavy atom. The third-order valence-electron chi connectivity index (χ3n) is 2.28. The Hall–Kier alpha value is -2.24. The minimum Gasteiger partial charge on any atom is -0.469 e. The van der Waals surface area contributed by atoms with Gasteiger partial charge < -0.3 is 4.74 Å². The number of aryl methyl sites for hydroxylation is 1. The van der Waals surface area contributed by atoms with E-state index in [4.69, 9.17) is 0 Å². The summed E-state index contributed by atoms with van der Waals surface area (Å²) in [4.78, 5) is 32.1. The highest BCUT2D eigenvalue weighted by molar-refractivity contribution is 5.80. The van der Waals surface area contributed by atoms with Gasteiger partial charge in [0.1, 0.15) is 6.29 Å². The molecule has 0 aliphatic carbocycles. The van der Waals surface area contributed by atoms with Crippen molar-refractivity contribution in [2.24, 2.45) is 0 Å². The largest absolute Gasteiger partial charge is 0.469 e. The summed E-state index contributed by atoms with van der Waals surface area (Å²) in [6, 6.07) is 2.74. The average molecular weight is 237 g/mol. The van der Waals surface area contributed by atoms with Crippen molar-refractivity contribution in [3.05, 3.63) is 38.9 Å². The monoisotopic (exact) mass is 237 g/mol. The van der Waals surface area contributed by atoms with Gasteiger partial charge in [0.2, 0.25) is 0 Å². The Morgan fingerprint density at radius 1 is 1.53 bits per heavy atom. The lowest BCUT2D eigenvalue weighted by Crippen LogP contribution is -2.08. The summed E-state index contributed by atoms with van der Waals surface area (Å²) in [6.07, 6.45) is 0.354. The normalized spacial score (nSPS) is 9.76. The molecule has 0 saturated heterocycles. The first-order chi connectivity index (χ1) is 7.99. The standard InChI is InChI=1S/C11H11NO5/c1-7-3-8(6-13)4-9(5-10(14)17-2)11(7)12(15)16/h3-4,6H,5H2,1-2H3. The number of methoxy groups -OCH3 is 1. The van der Waals surface area contributed by atoms with Gasteiger partial charge >= 0.3 is 5.97 Å². The maximum Gasteiger partial charge on any atom is 0.310 e. The number of ether oxygens (including phenoxy) is 1. The van der Waals surface area contributed by atoms with Crippen LogP contribution in [0.25, 0.3) is 0 Å². The van der Waals surface area contributed by atoms with E-state index in [1.165, 1.54) is 26.2 Å². The number of hydrogen-bond donors (Lipinski definition) is 0. The number of carbonyl (C=O) groups excluding carboxylic acids is 2. The van der Waals surface area contributed by atoms with E-state index in [9.17, 15) is 19.7 Å². The predicted octanol–water partition coefficient (Wildman–Crippen LogP) is 1.43. The van der Waals surface area contributed by atoms with E-state index in [1.807, 2.05) is 0 Å². The van der Waals surface area contributed by atoms with Crippen LogP contribution in [0.4, 0.5) is 5.69 Å². The number of nitro groups is 1. The number of hydrogen-bond acceptors (Lipinski definition) is 5. The molecule has 0 heterocycles. The summed E-state index contributed by atoms with van der Waals surface area (Å²) in [5.74, 6) is -0.587. The molecule has 1 aromatic rings. The fraction of sp³-hybridized carbons (Fsp3) is 0.273. The first kappa shape index (κ1) is 12.8. The number of aldehydes is 1. The van der Waals surface area contributed by atoms with Crippen molar-refractivity contribution >= 4 is 17.9 Å². The van der Waals surface area contributed by atoms with Gasteiger partial charge in [-0.1, -0.05) is 0 Å². The summed E-state index contributed by atoms with van der Waals surface area (Å²) in [5, 5.41) is 10.9. The summed E-state index contributed by atoms with van der Waals surface area (Å²) >= 11 is 0. The molecule has 0 atom stereocenters. The molecule has 1 rings (SSSR count). The van der Waals surface area contributed by atoms with Crippen LogP contribution in [0.15, 0.2) is 12.1 Å². The molecule has 0 amide bonds. The minimum absolute atomic E-state index is 0.152. The molecule has 0 spiro atoms. The zero-order chi connectivity index (χ0) is 13.0. The SMILES string of the molecule is COC(=O)Cc1cc(C=O)cc(C)c1[N+](=O)[O-]. The van der Waals surface area contributed by atoms with Gasteiger partial charge in [0, 0.05) is 16.7 Å². The number of nitrogens with zero attached hydrogens (tertiary/aromatic N) is 1. The predicted molar refractivity (Wildman–Crippen MR) is 58.9 cm³/mol. The molecule has 0 aromatic heterocycles. The van der Waals surface area contributed by atoms with Gasteiger partial charge in [-0.25, -0.2) is 0 Å². The molecule has 0 aliphatic rings. The molecule has 0 N–H and O–H groups in total. The second kappa shape index (κ2) is 5.20. The molecule has 6 heteroatoms. The first-order valence-electron chi connectivity index (χ1n) is 4.79. The molecule has 0 saturated carbocycles. The number of nitro benzene ring substituents is 1. The van der Waals surface area contributed by atoms with Gasteiger partial charge in [-0.05, 0) is 19.1 Å². The van der Waals surface area contributed by atoms with Crippen molar-refractivity contribution < 1.29 is 19.2 Å². The van der Waals surface area contributed by atoms with Gasteiger partial charge in [-0.15, -0.1) is 0 Å². The molecule has 0 radical (unpaired) electrons. The van der Waals surface area contributed by atoms with Gasteiger partial charge in [0.25, 0.3) is 5.69 Å². The van der Waals surface area contributed by atoms with Crippen LogP contribution in [-0.2, 0) is 16.0 Å². The molecule has 6 nitrogen and oxygen atoms in total. The van der Waals surface area contributed by atoms with E-state index in [0.717, 1.165) is 0 Å². The molecule has 0 aliphatic heterocycles. The van der Waals surface area contributed by atoms with Crippen LogP contribution >= 0.6 is 0 Å². The lowest BCUT2D eigenvalue weighted by molar-refractivity contribution is -0.386. The van der Waals surface area contributed by atoms with Crippen LogP contribution < -0.4 is 0 Å². The van der Waals surface area contributed by atoms with E-state index in [2.05, 4.69) is 4.74 Å². The van der Waals surface area contributed by atoms with Crippen LogP contribution in [0.1, 0.15) is 21.5 Å². The topological polar surface area (TPSA) is 86.5 Å². The molecular weight excluding hydrogens is 226 g/mol. The van der Waals surface area contributed by atoms with Crippen molar-refractivity contribution in [3.63, 3.8) is 0 Å².